The zero-order valence-corrected chi connectivity index (χ0v) is 34.6. The van der Waals surface area contributed by atoms with Crippen LogP contribution in [-0.4, -0.2) is 116 Å². The fourth-order valence-electron chi connectivity index (χ4n) is 14.1. The van der Waals surface area contributed by atoms with Gasteiger partial charge in [0.2, 0.25) is 0 Å². The molecule has 10 atom stereocenters. The molecule has 2 spiro atoms. The number of carbonyl (C=O) groups is 2. The summed E-state index contributed by atoms with van der Waals surface area (Å²) in [5, 5.41) is 48.2. The highest BCUT2D eigenvalue weighted by Crippen LogP contribution is 2.66. The van der Waals surface area contributed by atoms with E-state index in [1.54, 1.807) is 48.6 Å². The smallest absolute Gasteiger partial charge is 0.344 e. The van der Waals surface area contributed by atoms with Gasteiger partial charge >= 0.3 is 11.9 Å². The van der Waals surface area contributed by atoms with E-state index in [-0.39, 0.29) is 34.7 Å². The molecule has 6 aliphatic carbocycles. The maximum absolute atomic E-state index is 14.2. The second kappa shape index (κ2) is 13.0. The van der Waals surface area contributed by atoms with Crippen molar-refractivity contribution in [3.8, 4) is 23.0 Å². The standard InChI is InChI=1S/C50H52N2O10/c53-33-15-17-49(57)37-23-29-11-13-35(41-39(29)47(49,43(33)61-41)19-21-51(37)25-27-5-3-6-27)59-45(55)31-9-1-2-10-32(31)46(56)60-36-14-12-30-24-38-50(58)18-16-34(54)44-48(50,40(30)42(36)62-44)20-22-52(38)26-28-7-4-8-28/h1-2,9-18,27-28,33-34,37-38,43-44,53-54,57-58H,3-8,19-26H2. The molecule has 2 saturated heterocycles. The van der Waals surface area contributed by atoms with Crippen LogP contribution >= 0.6 is 0 Å². The van der Waals surface area contributed by atoms with Gasteiger partial charge < -0.3 is 39.4 Å². The minimum absolute atomic E-state index is 0.0168. The number of esters is 2. The molecule has 0 aromatic heterocycles. The van der Waals surface area contributed by atoms with Crippen molar-refractivity contribution >= 4 is 11.9 Å². The number of aliphatic hydroxyl groups is 4. The molecule has 4 N–H and O–H groups in total. The Hall–Kier alpha value is -4.56. The molecule has 0 radical (unpaired) electrons. The van der Waals surface area contributed by atoms with Crippen molar-refractivity contribution in [1.82, 2.24) is 9.80 Å². The number of benzene rings is 3. The van der Waals surface area contributed by atoms with Gasteiger partial charge in [0.25, 0.3) is 0 Å². The van der Waals surface area contributed by atoms with Crippen molar-refractivity contribution in [1.29, 1.82) is 0 Å². The number of hydrogen-bond donors (Lipinski definition) is 4. The molecular formula is C50H52N2O10. The van der Waals surface area contributed by atoms with E-state index >= 15 is 0 Å². The Bertz CT molecular complexity index is 2340. The van der Waals surface area contributed by atoms with Crippen LogP contribution < -0.4 is 18.9 Å². The molecule has 3 aromatic rings. The highest BCUT2D eigenvalue weighted by Gasteiger charge is 2.73. The lowest BCUT2D eigenvalue weighted by atomic mass is 9.50. The van der Waals surface area contributed by atoms with E-state index in [4.69, 9.17) is 18.9 Å². The monoisotopic (exact) mass is 840 g/mol. The van der Waals surface area contributed by atoms with Crippen LogP contribution in [0.1, 0.15) is 94.3 Å². The number of rotatable bonds is 8. The maximum Gasteiger partial charge on any atom is 0.344 e. The Morgan fingerprint density at radius 2 is 1.08 bits per heavy atom. The van der Waals surface area contributed by atoms with Crippen molar-refractivity contribution in [2.45, 2.75) is 123 Å². The first-order valence-corrected chi connectivity index (χ1v) is 22.9. The first-order chi connectivity index (χ1) is 30.0. The molecule has 10 aliphatic rings. The summed E-state index contributed by atoms with van der Waals surface area (Å²) in [6.07, 6.45) is 13.1. The molecule has 0 amide bonds. The van der Waals surface area contributed by atoms with Gasteiger partial charge in [-0.05, 0) is 112 Å². The lowest BCUT2D eigenvalue weighted by molar-refractivity contribution is -0.159. The zero-order chi connectivity index (χ0) is 41.9. The number of piperidine rings is 2. The van der Waals surface area contributed by atoms with Crippen molar-refractivity contribution in [3.05, 3.63) is 106 Å². The predicted molar refractivity (Wildman–Crippen MR) is 224 cm³/mol. The molecule has 10 unspecified atom stereocenters. The molecule has 13 rings (SSSR count). The van der Waals surface area contributed by atoms with Gasteiger partial charge in [-0.2, -0.15) is 0 Å². The highest BCUT2D eigenvalue weighted by atomic mass is 16.6. The summed E-state index contributed by atoms with van der Waals surface area (Å²) < 4.78 is 25.5. The predicted octanol–water partition coefficient (Wildman–Crippen LogP) is 4.31. The SMILES string of the molecule is O=C(Oc1ccc2c3c1OC1C(O)C=CC4(O)C(C2)N(CC2CCC2)CCC314)c1ccccc1C(=O)Oc1ccc2c3c1OC1C(O)C=CC4(O)C(C2)N(CC2CCC2)CCC314. The van der Waals surface area contributed by atoms with E-state index in [2.05, 4.69) is 9.80 Å². The van der Waals surface area contributed by atoms with Gasteiger partial charge in [-0.1, -0.05) is 61.4 Å². The third-order valence-corrected chi connectivity index (χ3v) is 17.4. The first kappa shape index (κ1) is 37.9. The Morgan fingerprint density at radius 1 is 0.645 bits per heavy atom. The van der Waals surface area contributed by atoms with Crippen LogP contribution in [0.15, 0.2) is 72.8 Å². The van der Waals surface area contributed by atoms with E-state index in [9.17, 15) is 30.0 Å². The van der Waals surface area contributed by atoms with Gasteiger partial charge in [-0.15, -0.1) is 0 Å². The largest absolute Gasteiger partial charge is 0.482 e. The molecular weight excluding hydrogens is 789 g/mol. The van der Waals surface area contributed by atoms with Crippen LogP contribution in [0.3, 0.4) is 0 Å². The third kappa shape index (κ3) is 4.73. The molecule has 4 fully saturated rings. The fourth-order valence-corrected chi connectivity index (χ4v) is 14.1. The summed E-state index contributed by atoms with van der Waals surface area (Å²) in [6, 6.07) is 13.3. The average molecular weight is 841 g/mol. The molecule has 322 valence electrons. The van der Waals surface area contributed by atoms with Crippen LogP contribution in [0.25, 0.3) is 0 Å². The van der Waals surface area contributed by atoms with Gasteiger partial charge in [0, 0.05) is 36.3 Å². The van der Waals surface area contributed by atoms with Crippen molar-refractivity contribution in [2.24, 2.45) is 11.8 Å². The average Bonchev–Trinajstić information content (AvgIpc) is 3.78. The van der Waals surface area contributed by atoms with Crippen molar-refractivity contribution in [2.75, 3.05) is 26.2 Å². The number of likely N-dealkylation sites (tertiary alicyclic amines) is 2. The third-order valence-electron chi connectivity index (χ3n) is 17.4. The topological polar surface area (TPSA) is 158 Å². The van der Waals surface area contributed by atoms with Crippen LogP contribution in [0, 0.1) is 11.8 Å². The summed E-state index contributed by atoms with van der Waals surface area (Å²) in [5.74, 6) is 0.673. The molecule has 2 saturated carbocycles. The number of hydrogen-bond acceptors (Lipinski definition) is 12. The second-order valence-electron chi connectivity index (χ2n) is 20.1. The molecule has 62 heavy (non-hydrogen) atoms. The van der Waals surface area contributed by atoms with Crippen molar-refractivity contribution < 1.29 is 49.0 Å². The van der Waals surface area contributed by atoms with Gasteiger partial charge in [0.15, 0.2) is 23.0 Å². The second-order valence-corrected chi connectivity index (χ2v) is 20.1. The van der Waals surface area contributed by atoms with Gasteiger partial charge in [-0.25, -0.2) is 9.59 Å². The molecule has 3 aromatic carbocycles. The van der Waals surface area contributed by atoms with Crippen LogP contribution in [-0.2, 0) is 23.7 Å². The Morgan fingerprint density at radius 3 is 1.48 bits per heavy atom. The van der Waals surface area contributed by atoms with Crippen LogP contribution in [0.5, 0.6) is 23.0 Å². The molecule has 4 aliphatic heterocycles. The van der Waals surface area contributed by atoms with Crippen LogP contribution in [0.4, 0.5) is 0 Å². The van der Waals surface area contributed by atoms with E-state index in [1.165, 1.54) is 50.7 Å². The Kier molecular flexibility index (Phi) is 7.97. The Labute approximate surface area is 359 Å². The summed E-state index contributed by atoms with van der Waals surface area (Å²) in [6.45, 7) is 3.41. The lowest BCUT2D eigenvalue weighted by Gasteiger charge is -2.62. The number of nitrogens with zero attached hydrogens (tertiary/aromatic N) is 2. The molecule has 12 heteroatoms. The van der Waals surface area contributed by atoms with E-state index in [1.807, 2.05) is 12.1 Å². The number of carbonyl (C=O) groups excluding carboxylic acids is 2. The molecule has 12 nitrogen and oxygen atoms in total. The maximum atomic E-state index is 14.2. The zero-order valence-electron chi connectivity index (χ0n) is 34.6. The van der Waals surface area contributed by atoms with Gasteiger partial charge in [-0.3, -0.25) is 9.80 Å². The van der Waals surface area contributed by atoms with Gasteiger partial charge in [0.05, 0.1) is 22.0 Å². The quantitative estimate of drug-likeness (QED) is 0.145. The van der Waals surface area contributed by atoms with E-state index in [0.717, 1.165) is 48.4 Å². The molecule has 4 heterocycles. The first-order valence-electron chi connectivity index (χ1n) is 22.9. The lowest BCUT2D eigenvalue weighted by Crippen LogP contribution is -2.75. The summed E-state index contributed by atoms with van der Waals surface area (Å²) in [4.78, 5) is 33.4. The van der Waals surface area contributed by atoms with E-state index < -0.39 is 58.4 Å². The minimum Gasteiger partial charge on any atom is -0.482 e. The minimum atomic E-state index is -1.28. The highest BCUT2D eigenvalue weighted by molar-refractivity contribution is 6.04. The summed E-state index contributed by atoms with van der Waals surface area (Å²) in [7, 11) is 0. The summed E-state index contributed by atoms with van der Waals surface area (Å²) >= 11 is 0. The summed E-state index contributed by atoms with van der Waals surface area (Å²) in [5.41, 5.74) is -0.824. The number of ether oxygens (including phenoxy) is 4. The number of aliphatic hydroxyl groups excluding tert-OH is 2. The fraction of sp³-hybridized carbons (Fsp3) is 0.520. The van der Waals surface area contributed by atoms with Crippen LogP contribution in [0.2, 0.25) is 0 Å². The Balaban J connectivity index is 0.803. The normalized spacial score (nSPS) is 37.9. The van der Waals surface area contributed by atoms with E-state index in [0.29, 0.717) is 49.0 Å². The molecule has 4 bridgehead atoms. The van der Waals surface area contributed by atoms with Crippen molar-refractivity contribution in [3.63, 3.8) is 0 Å². The van der Waals surface area contributed by atoms with Gasteiger partial charge in [0.1, 0.15) is 35.6 Å².